The molecule has 0 aliphatic carbocycles. The number of imidazole rings is 1. The van der Waals surface area contributed by atoms with Gasteiger partial charge in [0.05, 0.1) is 19.9 Å². The summed E-state index contributed by atoms with van der Waals surface area (Å²) >= 11 is 0. The number of ether oxygens (including phenoxy) is 1. The van der Waals surface area contributed by atoms with E-state index in [0.717, 1.165) is 23.4 Å². The number of rotatable bonds is 7. The molecule has 3 heterocycles. The van der Waals surface area contributed by atoms with Gasteiger partial charge in [-0.3, -0.25) is 9.13 Å². The fourth-order valence-corrected chi connectivity index (χ4v) is 3.86. The van der Waals surface area contributed by atoms with E-state index in [0.29, 0.717) is 29.2 Å². The number of benzene rings is 2. The molecule has 0 saturated heterocycles. The Morgan fingerprint density at radius 3 is 2.57 bits per heavy atom. The van der Waals surface area contributed by atoms with E-state index in [1.807, 2.05) is 24.3 Å². The van der Waals surface area contributed by atoms with Gasteiger partial charge in [-0.1, -0.05) is 18.2 Å². The lowest BCUT2D eigenvalue weighted by molar-refractivity contribution is 0.414. The molecule has 0 aliphatic rings. The van der Waals surface area contributed by atoms with Crippen LogP contribution >= 0.6 is 0 Å². The Labute approximate surface area is 198 Å². The van der Waals surface area contributed by atoms with Crippen LogP contribution in [0.15, 0.2) is 70.1 Å². The molecule has 3 aromatic heterocycles. The lowest BCUT2D eigenvalue weighted by atomic mass is 10.2. The Morgan fingerprint density at radius 1 is 1.09 bits per heavy atom. The number of furan rings is 1. The molecule has 0 atom stereocenters. The molecule has 10 heteroatoms. The summed E-state index contributed by atoms with van der Waals surface area (Å²) < 4.78 is 41.3. The minimum Gasteiger partial charge on any atom is -0.497 e. The van der Waals surface area contributed by atoms with E-state index in [-0.39, 0.29) is 18.1 Å². The van der Waals surface area contributed by atoms with Crippen LogP contribution in [0.5, 0.6) is 5.75 Å². The number of aryl methyl sites for hydroxylation is 1. The van der Waals surface area contributed by atoms with Crippen molar-refractivity contribution in [1.29, 1.82) is 0 Å². The summed E-state index contributed by atoms with van der Waals surface area (Å²) in [5.74, 6) is 0.0214. The van der Waals surface area contributed by atoms with Gasteiger partial charge in [-0.25, -0.2) is 18.6 Å². The number of nitrogens with one attached hydrogen (secondary N) is 1. The van der Waals surface area contributed by atoms with Gasteiger partial charge >= 0.3 is 5.69 Å². The maximum absolute atomic E-state index is 14.4. The zero-order valence-corrected chi connectivity index (χ0v) is 19.0. The first-order valence-electron chi connectivity index (χ1n) is 10.8. The van der Waals surface area contributed by atoms with Gasteiger partial charge in [0.2, 0.25) is 5.95 Å². The predicted octanol–water partition coefficient (Wildman–Crippen LogP) is 4.34. The number of hydrogen-bond acceptors (Lipinski definition) is 6. The Hall–Kier alpha value is -4.47. The van der Waals surface area contributed by atoms with Gasteiger partial charge < -0.3 is 14.5 Å². The lowest BCUT2D eigenvalue weighted by Gasteiger charge is -2.10. The van der Waals surface area contributed by atoms with E-state index in [1.165, 1.54) is 21.5 Å². The number of anilines is 1. The molecule has 0 fully saturated rings. The molecule has 0 bridgehead atoms. The predicted molar refractivity (Wildman–Crippen MR) is 126 cm³/mol. The molecule has 0 amide bonds. The van der Waals surface area contributed by atoms with E-state index in [4.69, 9.17) is 9.15 Å². The first-order valence-corrected chi connectivity index (χ1v) is 10.8. The van der Waals surface area contributed by atoms with Gasteiger partial charge in [0.15, 0.2) is 11.4 Å². The molecule has 0 aliphatic heterocycles. The van der Waals surface area contributed by atoms with Crippen LogP contribution in [0.4, 0.5) is 14.7 Å². The SMILES string of the molecule is COc1ccc(CNc2nc(-c3ccco3)c3c(n2)n(Cc2ccc(F)cc2F)c(=O)n3C)cc1. The summed E-state index contributed by atoms with van der Waals surface area (Å²) in [6.45, 7) is 0.283. The maximum Gasteiger partial charge on any atom is 0.330 e. The topological polar surface area (TPSA) is 87.1 Å². The third-order valence-electron chi connectivity index (χ3n) is 5.68. The van der Waals surface area contributed by atoms with E-state index in [9.17, 15) is 13.6 Å². The van der Waals surface area contributed by atoms with Gasteiger partial charge in [0.1, 0.15) is 28.6 Å². The monoisotopic (exact) mass is 477 g/mol. The minimum absolute atomic E-state index is 0.130. The van der Waals surface area contributed by atoms with Crippen molar-refractivity contribution in [2.75, 3.05) is 12.4 Å². The number of methoxy groups -OCH3 is 1. The van der Waals surface area contributed by atoms with Crippen molar-refractivity contribution in [2.45, 2.75) is 13.1 Å². The van der Waals surface area contributed by atoms with Gasteiger partial charge in [-0.05, 0) is 35.9 Å². The molecule has 0 spiro atoms. The van der Waals surface area contributed by atoms with E-state index < -0.39 is 17.3 Å². The van der Waals surface area contributed by atoms with Crippen molar-refractivity contribution in [2.24, 2.45) is 7.05 Å². The second kappa shape index (κ2) is 9.05. The fraction of sp³-hybridized carbons (Fsp3) is 0.160. The number of fused-ring (bicyclic) bond motifs is 1. The van der Waals surface area contributed by atoms with Crippen LogP contribution < -0.4 is 15.7 Å². The van der Waals surface area contributed by atoms with Gasteiger partial charge in [0, 0.05) is 25.2 Å². The van der Waals surface area contributed by atoms with Gasteiger partial charge in [-0.15, -0.1) is 0 Å². The summed E-state index contributed by atoms with van der Waals surface area (Å²) in [5.41, 5.74) is 1.84. The summed E-state index contributed by atoms with van der Waals surface area (Å²) in [7, 11) is 3.19. The van der Waals surface area contributed by atoms with E-state index in [2.05, 4.69) is 15.3 Å². The highest BCUT2D eigenvalue weighted by Crippen LogP contribution is 2.28. The quantitative estimate of drug-likeness (QED) is 0.375. The van der Waals surface area contributed by atoms with Crippen LogP contribution in [0.3, 0.4) is 0 Å². The minimum atomic E-state index is -0.743. The van der Waals surface area contributed by atoms with E-state index >= 15 is 0 Å². The molecule has 5 rings (SSSR count). The van der Waals surface area contributed by atoms with Crippen LogP contribution in [0.2, 0.25) is 0 Å². The molecule has 0 unspecified atom stereocenters. The normalized spacial score (nSPS) is 11.2. The molecule has 1 N–H and O–H groups in total. The standard InChI is InChI=1S/C25H21F2N5O3/c1-31-22-21(20-4-3-11-35-20)29-24(28-13-15-5-9-18(34-2)10-6-15)30-23(22)32(25(31)33)14-16-7-8-17(26)12-19(16)27/h3-12H,13-14H2,1-2H3,(H,28,29,30). The number of aromatic nitrogens is 4. The van der Waals surface area contributed by atoms with Gasteiger partial charge in [0.25, 0.3) is 0 Å². The molecular weight excluding hydrogens is 456 g/mol. The van der Waals surface area contributed by atoms with Crippen LogP contribution in [-0.4, -0.2) is 26.2 Å². The van der Waals surface area contributed by atoms with E-state index in [1.54, 1.807) is 26.3 Å². The summed E-state index contributed by atoms with van der Waals surface area (Å²) in [6, 6.07) is 14.2. The Morgan fingerprint density at radius 2 is 1.89 bits per heavy atom. The first-order chi connectivity index (χ1) is 16.9. The van der Waals surface area contributed by atoms with Crippen LogP contribution in [-0.2, 0) is 20.1 Å². The average molecular weight is 477 g/mol. The van der Waals surface area contributed by atoms with Crippen LogP contribution in [0.1, 0.15) is 11.1 Å². The number of halogens is 2. The molecule has 5 aromatic rings. The molecule has 2 aromatic carbocycles. The Bertz CT molecular complexity index is 1560. The highest BCUT2D eigenvalue weighted by atomic mass is 19.1. The summed E-state index contributed by atoms with van der Waals surface area (Å²) in [6.07, 6.45) is 1.51. The smallest absolute Gasteiger partial charge is 0.330 e. The van der Waals surface area contributed by atoms with Gasteiger partial charge in [-0.2, -0.15) is 4.98 Å². The molecular formula is C25H21F2N5O3. The number of nitrogens with zero attached hydrogens (tertiary/aromatic N) is 4. The summed E-state index contributed by atoms with van der Waals surface area (Å²) in [5, 5.41) is 3.18. The van der Waals surface area contributed by atoms with Crippen molar-refractivity contribution in [3.63, 3.8) is 0 Å². The van der Waals surface area contributed by atoms with Crippen LogP contribution in [0.25, 0.3) is 22.6 Å². The van der Waals surface area contributed by atoms with Crippen molar-refractivity contribution in [3.8, 4) is 17.2 Å². The number of hydrogen-bond donors (Lipinski definition) is 1. The molecule has 8 nitrogen and oxygen atoms in total. The lowest BCUT2D eigenvalue weighted by Crippen LogP contribution is -2.23. The second-order valence-corrected chi connectivity index (χ2v) is 7.91. The van der Waals surface area contributed by atoms with Crippen molar-refractivity contribution in [1.82, 2.24) is 19.1 Å². The van der Waals surface area contributed by atoms with Crippen molar-refractivity contribution in [3.05, 3.63) is 94.1 Å². The molecule has 35 heavy (non-hydrogen) atoms. The second-order valence-electron chi connectivity index (χ2n) is 7.91. The zero-order valence-electron chi connectivity index (χ0n) is 19.0. The third kappa shape index (κ3) is 4.25. The highest BCUT2D eigenvalue weighted by Gasteiger charge is 2.22. The molecule has 0 saturated carbocycles. The van der Waals surface area contributed by atoms with Crippen molar-refractivity contribution < 1.29 is 17.9 Å². The Kier molecular flexibility index (Phi) is 5.77. The van der Waals surface area contributed by atoms with Crippen molar-refractivity contribution >= 4 is 17.1 Å². The fourth-order valence-electron chi connectivity index (χ4n) is 3.86. The molecule has 178 valence electrons. The summed E-state index contributed by atoms with van der Waals surface area (Å²) in [4.78, 5) is 22.3. The zero-order chi connectivity index (χ0) is 24.5. The average Bonchev–Trinajstić information content (AvgIpc) is 3.48. The highest BCUT2D eigenvalue weighted by molar-refractivity contribution is 5.87. The Balaban J connectivity index is 1.60. The first kappa shape index (κ1) is 22.3. The van der Waals surface area contributed by atoms with Crippen LogP contribution in [0, 0.1) is 11.6 Å². The largest absolute Gasteiger partial charge is 0.497 e. The third-order valence-corrected chi connectivity index (χ3v) is 5.68. The molecule has 0 radical (unpaired) electrons. The maximum atomic E-state index is 14.4.